The van der Waals surface area contributed by atoms with Gasteiger partial charge in [-0.05, 0) is 27.6 Å². The Hall–Kier alpha value is -0.290. The molecule has 3 nitrogen and oxygen atoms in total. The number of hydrogen-bond acceptors (Lipinski definition) is 3. The average Bonchev–Trinajstić information content (AvgIpc) is 2.34. The highest BCUT2D eigenvalue weighted by Crippen LogP contribution is 2.31. The summed E-state index contributed by atoms with van der Waals surface area (Å²) in [5.41, 5.74) is 1.14. The maximum atomic E-state index is 6.26. The first kappa shape index (κ1) is 13.1. The van der Waals surface area contributed by atoms with Crippen LogP contribution in [-0.2, 0) is 6.54 Å². The Kier molecular flexibility index (Phi) is 4.68. The van der Waals surface area contributed by atoms with Crippen molar-refractivity contribution >= 4 is 27.5 Å². The minimum Gasteiger partial charge on any atom is -0.496 e. The lowest BCUT2D eigenvalue weighted by Crippen LogP contribution is -2.42. The van der Waals surface area contributed by atoms with Crippen LogP contribution in [0, 0.1) is 0 Å². The zero-order valence-electron chi connectivity index (χ0n) is 9.80. The van der Waals surface area contributed by atoms with E-state index in [-0.39, 0.29) is 0 Å². The fourth-order valence-corrected chi connectivity index (χ4v) is 2.72. The summed E-state index contributed by atoms with van der Waals surface area (Å²) in [6.07, 6.45) is 0. The predicted molar refractivity (Wildman–Crippen MR) is 73.9 cm³/mol. The lowest BCUT2D eigenvalue weighted by molar-refractivity contribution is 0.233. The fraction of sp³-hybridized carbons (Fsp3) is 0.500. The molecule has 0 spiro atoms. The van der Waals surface area contributed by atoms with Gasteiger partial charge in [0, 0.05) is 43.8 Å². The second-order valence-electron chi connectivity index (χ2n) is 4.10. The molecule has 0 unspecified atom stereocenters. The lowest BCUT2D eigenvalue weighted by atomic mass is 10.2. The summed E-state index contributed by atoms with van der Waals surface area (Å²) < 4.78 is 6.17. The lowest BCUT2D eigenvalue weighted by Gasteiger charge is -2.27. The largest absolute Gasteiger partial charge is 0.496 e. The van der Waals surface area contributed by atoms with Crippen LogP contribution in [0.15, 0.2) is 16.6 Å². The van der Waals surface area contributed by atoms with Gasteiger partial charge in [0.2, 0.25) is 0 Å². The quantitative estimate of drug-likeness (QED) is 0.926. The molecule has 0 atom stereocenters. The Labute approximate surface area is 115 Å². The highest BCUT2D eigenvalue weighted by molar-refractivity contribution is 9.10. The summed E-state index contributed by atoms with van der Waals surface area (Å²) in [4.78, 5) is 2.40. The molecule has 0 saturated carbocycles. The molecule has 1 aromatic carbocycles. The molecular weight excluding hydrogens is 304 g/mol. The molecule has 5 heteroatoms. The van der Waals surface area contributed by atoms with Gasteiger partial charge in [-0.3, -0.25) is 4.90 Å². The smallest absolute Gasteiger partial charge is 0.134 e. The minimum absolute atomic E-state index is 0.767. The average molecular weight is 320 g/mol. The number of piperazine rings is 1. The highest BCUT2D eigenvalue weighted by Gasteiger charge is 2.13. The number of benzene rings is 1. The van der Waals surface area contributed by atoms with Crippen LogP contribution >= 0.6 is 27.5 Å². The second kappa shape index (κ2) is 6.05. The third-order valence-electron chi connectivity index (χ3n) is 2.92. The summed E-state index contributed by atoms with van der Waals surface area (Å²) >= 11 is 9.75. The van der Waals surface area contributed by atoms with E-state index >= 15 is 0 Å². The normalized spacial score (nSPS) is 17.1. The molecule has 1 fully saturated rings. The van der Waals surface area contributed by atoms with E-state index in [0.717, 1.165) is 53.5 Å². The molecular formula is C12H16BrClN2O. The van der Waals surface area contributed by atoms with Gasteiger partial charge in [0.25, 0.3) is 0 Å². The van der Waals surface area contributed by atoms with E-state index in [2.05, 4.69) is 26.1 Å². The molecule has 0 amide bonds. The highest BCUT2D eigenvalue weighted by atomic mass is 79.9. The Morgan fingerprint density at radius 3 is 2.76 bits per heavy atom. The van der Waals surface area contributed by atoms with Gasteiger partial charge in [-0.15, -0.1) is 0 Å². The van der Waals surface area contributed by atoms with Gasteiger partial charge in [0.15, 0.2) is 0 Å². The Bertz CT molecular complexity index is 394. The van der Waals surface area contributed by atoms with Crippen LogP contribution in [0.4, 0.5) is 0 Å². The maximum Gasteiger partial charge on any atom is 0.134 e. The fourth-order valence-electron chi connectivity index (χ4n) is 1.96. The molecule has 1 N–H and O–H groups in total. The number of rotatable bonds is 3. The summed E-state index contributed by atoms with van der Waals surface area (Å²) in [6.45, 7) is 5.13. The van der Waals surface area contributed by atoms with E-state index in [4.69, 9.17) is 16.3 Å². The predicted octanol–water partition coefficient (Wildman–Crippen LogP) is 2.52. The molecule has 1 heterocycles. The van der Waals surface area contributed by atoms with Crippen LogP contribution in [0.1, 0.15) is 5.56 Å². The first-order chi connectivity index (χ1) is 8.20. The molecule has 1 aliphatic rings. The molecule has 1 saturated heterocycles. The van der Waals surface area contributed by atoms with Crippen LogP contribution in [0.3, 0.4) is 0 Å². The van der Waals surface area contributed by atoms with E-state index in [9.17, 15) is 0 Å². The number of nitrogens with zero attached hydrogens (tertiary/aromatic N) is 1. The van der Waals surface area contributed by atoms with E-state index < -0.39 is 0 Å². The molecule has 17 heavy (non-hydrogen) atoms. The van der Waals surface area contributed by atoms with Gasteiger partial charge < -0.3 is 10.1 Å². The number of ether oxygens (including phenoxy) is 1. The Morgan fingerprint density at radius 1 is 1.41 bits per heavy atom. The number of nitrogens with one attached hydrogen (secondary N) is 1. The number of hydrogen-bond donors (Lipinski definition) is 1. The first-order valence-corrected chi connectivity index (χ1v) is 6.83. The summed E-state index contributed by atoms with van der Waals surface area (Å²) in [7, 11) is 1.65. The van der Waals surface area contributed by atoms with Crippen molar-refractivity contribution in [1.29, 1.82) is 0 Å². The van der Waals surface area contributed by atoms with Crippen LogP contribution in [0.2, 0.25) is 5.02 Å². The van der Waals surface area contributed by atoms with Crippen molar-refractivity contribution in [3.63, 3.8) is 0 Å². The molecule has 0 bridgehead atoms. The molecule has 0 radical (unpaired) electrons. The number of halogens is 2. The van der Waals surface area contributed by atoms with Crippen LogP contribution in [-0.4, -0.2) is 38.2 Å². The van der Waals surface area contributed by atoms with Crippen molar-refractivity contribution in [3.8, 4) is 5.75 Å². The summed E-state index contributed by atoms with van der Waals surface area (Å²) in [6, 6.07) is 3.91. The Morgan fingerprint density at radius 2 is 2.12 bits per heavy atom. The maximum absolute atomic E-state index is 6.26. The SMILES string of the molecule is COc1cc(Cl)c(CN2CCNCC2)cc1Br. The van der Waals surface area contributed by atoms with Crippen molar-refractivity contribution in [1.82, 2.24) is 10.2 Å². The zero-order chi connectivity index (χ0) is 12.3. The van der Waals surface area contributed by atoms with Gasteiger partial charge in [0.1, 0.15) is 5.75 Å². The van der Waals surface area contributed by atoms with Crippen LogP contribution in [0.5, 0.6) is 5.75 Å². The topological polar surface area (TPSA) is 24.5 Å². The molecule has 1 aliphatic heterocycles. The standard InChI is InChI=1S/C12H16BrClN2O/c1-17-12-7-11(14)9(6-10(12)13)8-16-4-2-15-3-5-16/h6-7,15H,2-5,8H2,1H3. The molecule has 0 aliphatic carbocycles. The van der Waals surface area contributed by atoms with E-state index in [1.165, 1.54) is 0 Å². The molecule has 2 rings (SSSR count). The third kappa shape index (κ3) is 3.35. The molecule has 0 aromatic heterocycles. The number of methoxy groups -OCH3 is 1. The van der Waals surface area contributed by atoms with Gasteiger partial charge in [-0.25, -0.2) is 0 Å². The molecule has 94 valence electrons. The Balaban J connectivity index is 2.12. The summed E-state index contributed by atoms with van der Waals surface area (Å²) in [5.74, 6) is 0.777. The van der Waals surface area contributed by atoms with Crippen molar-refractivity contribution in [2.75, 3.05) is 33.3 Å². The third-order valence-corrected chi connectivity index (χ3v) is 3.90. The van der Waals surface area contributed by atoms with Gasteiger partial charge in [-0.1, -0.05) is 11.6 Å². The second-order valence-corrected chi connectivity index (χ2v) is 5.37. The monoisotopic (exact) mass is 318 g/mol. The van der Waals surface area contributed by atoms with Crippen LogP contribution in [0.25, 0.3) is 0 Å². The van der Waals surface area contributed by atoms with Crippen molar-refractivity contribution in [2.24, 2.45) is 0 Å². The zero-order valence-corrected chi connectivity index (χ0v) is 12.1. The van der Waals surface area contributed by atoms with Crippen LogP contribution < -0.4 is 10.1 Å². The van der Waals surface area contributed by atoms with Crippen molar-refractivity contribution < 1.29 is 4.74 Å². The molecule has 1 aromatic rings. The first-order valence-electron chi connectivity index (χ1n) is 5.65. The van der Waals surface area contributed by atoms with E-state index in [1.54, 1.807) is 7.11 Å². The van der Waals surface area contributed by atoms with Crippen molar-refractivity contribution in [2.45, 2.75) is 6.54 Å². The van der Waals surface area contributed by atoms with Crippen molar-refractivity contribution in [3.05, 3.63) is 27.2 Å². The van der Waals surface area contributed by atoms with E-state index in [1.807, 2.05) is 12.1 Å². The van der Waals surface area contributed by atoms with Gasteiger partial charge >= 0.3 is 0 Å². The minimum atomic E-state index is 0.767. The van der Waals surface area contributed by atoms with E-state index in [0.29, 0.717) is 0 Å². The summed E-state index contributed by atoms with van der Waals surface area (Å²) in [5, 5.41) is 4.11. The van der Waals surface area contributed by atoms with Gasteiger partial charge in [0.05, 0.1) is 11.6 Å². The van der Waals surface area contributed by atoms with Gasteiger partial charge in [-0.2, -0.15) is 0 Å².